The van der Waals surface area contributed by atoms with Crippen LogP contribution in [0.2, 0.25) is 0 Å². The standard InChI is InChI=1S/C13H19NO3S/c1-13(2,14)9-18-7-6-17-11-5-3-4-10(8-11)12(15)16/h3-5,8H,6-7,9,14H2,1-2H3,(H,15,16). The fourth-order valence-corrected chi connectivity index (χ4v) is 2.14. The Morgan fingerprint density at radius 2 is 2.22 bits per heavy atom. The van der Waals surface area contributed by atoms with Gasteiger partial charge in [-0.15, -0.1) is 0 Å². The molecule has 0 radical (unpaired) electrons. The highest BCUT2D eigenvalue weighted by atomic mass is 32.2. The third kappa shape index (κ3) is 5.93. The monoisotopic (exact) mass is 269 g/mol. The summed E-state index contributed by atoms with van der Waals surface area (Å²) in [6.07, 6.45) is 0. The Labute approximate surface area is 112 Å². The van der Waals surface area contributed by atoms with E-state index >= 15 is 0 Å². The number of thioether (sulfide) groups is 1. The van der Waals surface area contributed by atoms with Crippen LogP contribution in [0.3, 0.4) is 0 Å². The van der Waals surface area contributed by atoms with Gasteiger partial charge in [0.15, 0.2) is 0 Å². The Bertz CT molecular complexity index is 401. The van der Waals surface area contributed by atoms with E-state index in [0.29, 0.717) is 12.4 Å². The van der Waals surface area contributed by atoms with Gasteiger partial charge >= 0.3 is 5.97 Å². The van der Waals surface area contributed by atoms with E-state index in [1.54, 1.807) is 30.0 Å². The van der Waals surface area contributed by atoms with Gasteiger partial charge in [0.25, 0.3) is 0 Å². The zero-order chi connectivity index (χ0) is 13.6. The minimum Gasteiger partial charge on any atom is -0.493 e. The number of rotatable bonds is 7. The van der Waals surface area contributed by atoms with Gasteiger partial charge in [-0.1, -0.05) is 6.07 Å². The van der Waals surface area contributed by atoms with Crippen LogP contribution in [-0.2, 0) is 0 Å². The Kier molecular flexibility index (Phi) is 5.50. The van der Waals surface area contributed by atoms with Crippen molar-refractivity contribution in [3.63, 3.8) is 0 Å². The SMILES string of the molecule is CC(C)(N)CSCCOc1cccc(C(=O)O)c1. The lowest BCUT2D eigenvalue weighted by Gasteiger charge is -2.17. The molecule has 0 atom stereocenters. The van der Waals surface area contributed by atoms with Crippen LogP contribution in [0.4, 0.5) is 0 Å². The summed E-state index contributed by atoms with van der Waals surface area (Å²) in [5.41, 5.74) is 5.92. The molecule has 1 aromatic rings. The molecule has 0 aliphatic rings. The van der Waals surface area contributed by atoms with Crippen molar-refractivity contribution < 1.29 is 14.6 Å². The van der Waals surface area contributed by atoms with Crippen LogP contribution in [0.25, 0.3) is 0 Å². The Balaban J connectivity index is 2.31. The third-order valence-electron chi connectivity index (χ3n) is 2.05. The van der Waals surface area contributed by atoms with Gasteiger partial charge < -0.3 is 15.6 Å². The van der Waals surface area contributed by atoms with Crippen molar-refractivity contribution >= 4 is 17.7 Å². The minimum atomic E-state index is -0.945. The fourth-order valence-electron chi connectivity index (χ4n) is 1.27. The van der Waals surface area contributed by atoms with Gasteiger partial charge in [0, 0.05) is 17.0 Å². The predicted octanol–water partition coefficient (Wildman–Crippen LogP) is 2.23. The molecule has 0 amide bonds. The van der Waals surface area contributed by atoms with Gasteiger partial charge in [0.1, 0.15) is 5.75 Å². The van der Waals surface area contributed by atoms with Crippen molar-refractivity contribution in [3.8, 4) is 5.75 Å². The molecule has 0 aliphatic heterocycles. The van der Waals surface area contributed by atoms with Crippen molar-refractivity contribution in [1.29, 1.82) is 0 Å². The first kappa shape index (κ1) is 14.9. The number of benzene rings is 1. The van der Waals surface area contributed by atoms with E-state index in [4.69, 9.17) is 15.6 Å². The highest BCUT2D eigenvalue weighted by Crippen LogP contribution is 2.14. The molecule has 1 rings (SSSR count). The predicted molar refractivity (Wildman–Crippen MR) is 74.5 cm³/mol. The molecule has 0 fully saturated rings. The Morgan fingerprint density at radius 1 is 1.50 bits per heavy atom. The topological polar surface area (TPSA) is 72.5 Å². The summed E-state index contributed by atoms with van der Waals surface area (Å²) in [6, 6.07) is 6.50. The van der Waals surface area contributed by atoms with Crippen LogP contribution in [0.5, 0.6) is 5.75 Å². The normalized spacial score (nSPS) is 11.3. The lowest BCUT2D eigenvalue weighted by Crippen LogP contribution is -2.34. The van der Waals surface area contributed by atoms with Gasteiger partial charge in [-0.3, -0.25) is 0 Å². The number of hydrogen-bond acceptors (Lipinski definition) is 4. The average Bonchev–Trinajstić information content (AvgIpc) is 2.27. The molecule has 5 heteroatoms. The molecule has 0 unspecified atom stereocenters. The van der Waals surface area contributed by atoms with Crippen LogP contribution >= 0.6 is 11.8 Å². The number of aromatic carboxylic acids is 1. The van der Waals surface area contributed by atoms with Gasteiger partial charge in [0.05, 0.1) is 12.2 Å². The molecule has 0 heterocycles. The van der Waals surface area contributed by atoms with Crippen LogP contribution in [0.15, 0.2) is 24.3 Å². The van der Waals surface area contributed by atoms with Crippen molar-refractivity contribution in [2.45, 2.75) is 19.4 Å². The van der Waals surface area contributed by atoms with E-state index in [1.165, 1.54) is 6.07 Å². The van der Waals surface area contributed by atoms with Crippen LogP contribution in [0.1, 0.15) is 24.2 Å². The minimum absolute atomic E-state index is 0.173. The zero-order valence-electron chi connectivity index (χ0n) is 10.7. The summed E-state index contributed by atoms with van der Waals surface area (Å²) in [4.78, 5) is 10.8. The van der Waals surface area contributed by atoms with Crippen molar-refractivity contribution in [2.24, 2.45) is 5.73 Å². The van der Waals surface area contributed by atoms with E-state index in [0.717, 1.165) is 11.5 Å². The maximum atomic E-state index is 10.8. The van der Waals surface area contributed by atoms with E-state index in [1.807, 2.05) is 13.8 Å². The van der Waals surface area contributed by atoms with Crippen LogP contribution < -0.4 is 10.5 Å². The van der Waals surface area contributed by atoms with Gasteiger partial charge in [-0.05, 0) is 32.0 Å². The second-order valence-corrected chi connectivity index (χ2v) is 5.83. The summed E-state index contributed by atoms with van der Waals surface area (Å²) in [7, 11) is 0. The first-order valence-electron chi connectivity index (χ1n) is 5.71. The second kappa shape index (κ2) is 6.66. The summed E-state index contributed by atoms with van der Waals surface area (Å²) in [5.74, 6) is 1.34. The first-order valence-corrected chi connectivity index (χ1v) is 6.87. The zero-order valence-corrected chi connectivity index (χ0v) is 11.5. The molecule has 3 N–H and O–H groups in total. The number of nitrogens with two attached hydrogens (primary N) is 1. The molecule has 0 bridgehead atoms. The second-order valence-electron chi connectivity index (χ2n) is 4.72. The summed E-state index contributed by atoms with van der Waals surface area (Å²) >= 11 is 1.72. The molecular weight excluding hydrogens is 250 g/mol. The molecule has 0 saturated heterocycles. The van der Waals surface area contributed by atoms with Gasteiger partial charge in [-0.2, -0.15) is 11.8 Å². The largest absolute Gasteiger partial charge is 0.493 e. The lowest BCUT2D eigenvalue weighted by molar-refractivity contribution is 0.0696. The van der Waals surface area contributed by atoms with Crippen LogP contribution in [0, 0.1) is 0 Å². The summed E-state index contributed by atoms with van der Waals surface area (Å²) < 4.78 is 5.49. The smallest absolute Gasteiger partial charge is 0.335 e. The third-order valence-corrected chi connectivity index (χ3v) is 3.45. The highest BCUT2D eigenvalue weighted by Gasteiger charge is 2.09. The molecule has 0 spiro atoms. The van der Waals surface area contributed by atoms with Crippen molar-refractivity contribution in [3.05, 3.63) is 29.8 Å². The summed E-state index contributed by atoms with van der Waals surface area (Å²) in [6.45, 7) is 4.51. The molecule has 4 nitrogen and oxygen atoms in total. The maximum Gasteiger partial charge on any atom is 0.335 e. The molecular formula is C13H19NO3S. The van der Waals surface area contributed by atoms with E-state index < -0.39 is 5.97 Å². The summed E-state index contributed by atoms with van der Waals surface area (Å²) in [5, 5.41) is 8.83. The van der Waals surface area contributed by atoms with Crippen LogP contribution in [-0.4, -0.2) is 34.7 Å². The van der Waals surface area contributed by atoms with Gasteiger partial charge in [0.2, 0.25) is 0 Å². The van der Waals surface area contributed by atoms with Crippen molar-refractivity contribution in [1.82, 2.24) is 0 Å². The number of carboxylic acids is 1. The van der Waals surface area contributed by atoms with Gasteiger partial charge in [-0.25, -0.2) is 4.79 Å². The fraction of sp³-hybridized carbons (Fsp3) is 0.462. The number of carbonyl (C=O) groups is 1. The van der Waals surface area contributed by atoms with E-state index in [2.05, 4.69) is 0 Å². The Morgan fingerprint density at radius 3 is 2.83 bits per heavy atom. The molecule has 1 aromatic carbocycles. The van der Waals surface area contributed by atoms with E-state index in [-0.39, 0.29) is 11.1 Å². The molecule has 0 saturated carbocycles. The lowest BCUT2D eigenvalue weighted by atomic mass is 10.1. The van der Waals surface area contributed by atoms with Crippen molar-refractivity contribution in [2.75, 3.05) is 18.1 Å². The molecule has 100 valence electrons. The highest BCUT2D eigenvalue weighted by molar-refractivity contribution is 7.99. The average molecular weight is 269 g/mol. The number of ether oxygens (including phenoxy) is 1. The maximum absolute atomic E-state index is 10.8. The number of hydrogen-bond donors (Lipinski definition) is 2. The number of carboxylic acid groups (broad SMARTS) is 1. The molecule has 0 aliphatic carbocycles. The van der Waals surface area contributed by atoms with E-state index in [9.17, 15) is 4.79 Å². The first-order chi connectivity index (χ1) is 8.38. The quantitative estimate of drug-likeness (QED) is 0.743. The Hall–Kier alpha value is -1.20. The molecule has 0 aromatic heterocycles. The molecule has 18 heavy (non-hydrogen) atoms.